The Morgan fingerprint density at radius 2 is 1.71 bits per heavy atom. The number of hydroxylamine groups is 1. The monoisotopic (exact) mass is 340 g/mol. The summed E-state index contributed by atoms with van der Waals surface area (Å²) in [7, 11) is 1.36. The van der Waals surface area contributed by atoms with Crippen molar-refractivity contribution in [2.45, 2.75) is 52.7 Å². The number of carbonyl (C=O) groups is 2. The number of carboxylic acid groups (broad SMARTS) is 1. The van der Waals surface area contributed by atoms with Gasteiger partial charge >= 0.3 is 12.1 Å². The summed E-state index contributed by atoms with van der Waals surface area (Å²) in [6.45, 7) is 10.4. The molecule has 1 rings (SSSR count). The lowest BCUT2D eigenvalue weighted by Gasteiger charge is -2.31. The number of pyridine rings is 1. The molecule has 0 aliphatic rings. The van der Waals surface area contributed by atoms with E-state index in [-0.39, 0.29) is 17.1 Å². The van der Waals surface area contributed by atoms with Gasteiger partial charge in [-0.2, -0.15) is 0 Å². The number of aromatic nitrogens is 1. The molecule has 1 N–H and O–H groups in total. The van der Waals surface area contributed by atoms with Crippen LogP contribution in [0.2, 0.25) is 0 Å². The van der Waals surface area contributed by atoms with Gasteiger partial charge in [0, 0.05) is 6.20 Å². The van der Waals surface area contributed by atoms with Crippen molar-refractivity contribution in [3.63, 3.8) is 0 Å². The number of ether oxygens (including phenoxy) is 2. The third-order valence-electron chi connectivity index (χ3n) is 2.42. The maximum Gasteiger partial charge on any atom is 0.439 e. The molecule has 0 saturated heterocycles. The molecule has 0 aliphatic heterocycles. The van der Waals surface area contributed by atoms with Crippen LogP contribution < -0.4 is 9.80 Å². The minimum Gasteiger partial charge on any atom is -0.479 e. The third-order valence-corrected chi connectivity index (χ3v) is 2.42. The molecule has 1 aromatic rings. The SMILES string of the molecule is COc1ncc(C(=O)O)cc1N(OC(C)(C)C)C(=O)OC(C)(C)C. The maximum atomic E-state index is 12.5. The van der Waals surface area contributed by atoms with Gasteiger partial charge in [0.2, 0.25) is 5.88 Å². The standard InChI is InChI=1S/C16H24N2O6/c1-15(2,3)23-14(21)18(24-16(4,5)6)11-8-10(13(19)20)9-17-12(11)22-7/h8-9H,1-7H3,(H,19,20). The van der Waals surface area contributed by atoms with Crippen LogP contribution in [0.15, 0.2) is 12.3 Å². The predicted octanol–water partition coefficient (Wildman–Crippen LogP) is 3.26. The summed E-state index contributed by atoms with van der Waals surface area (Å²) in [5.41, 5.74) is -1.58. The highest BCUT2D eigenvalue weighted by Crippen LogP contribution is 2.30. The smallest absolute Gasteiger partial charge is 0.439 e. The zero-order valence-electron chi connectivity index (χ0n) is 15.0. The van der Waals surface area contributed by atoms with Gasteiger partial charge in [0.15, 0.2) is 0 Å². The van der Waals surface area contributed by atoms with E-state index >= 15 is 0 Å². The lowest BCUT2D eigenvalue weighted by atomic mass is 10.2. The van der Waals surface area contributed by atoms with E-state index in [0.717, 1.165) is 11.3 Å². The van der Waals surface area contributed by atoms with E-state index in [1.54, 1.807) is 41.5 Å². The molecular weight excluding hydrogens is 316 g/mol. The van der Waals surface area contributed by atoms with E-state index in [9.17, 15) is 9.59 Å². The molecule has 0 aromatic carbocycles. The van der Waals surface area contributed by atoms with Crippen molar-refractivity contribution in [2.24, 2.45) is 0 Å². The average molecular weight is 340 g/mol. The maximum absolute atomic E-state index is 12.5. The van der Waals surface area contributed by atoms with Crippen LogP contribution >= 0.6 is 0 Å². The number of amides is 1. The van der Waals surface area contributed by atoms with E-state index in [1.807, 2.05) is 0 Å². The molecule has 134 valence electrons. The first kappa shape index (κ1) is 19.7. The molecule has 0 saturated carbocycles. The molecule has 1 heterocycles. The molecule has 0 spiro atoms. The minimum absolute atomic E-state index is 0.0371. The van der Waals surface area contributed by atoms with Crippen molar-refractivity contribution in [2.75, 3.05) is 12.2 Å². The molecular formula is C16H24N2O6. The van der Waals surface area contributed by atoms with E-state index in [4.69, 9.17) is 19.4 Å². The lowest BCUT2D eigenvalue weighted by molar-refractivity contribution is -0.0360. The van der Waals surface area contributed by atoms with Gasteiger partial charge in [0.25, 0.3) is 0 Å². The summed E-state index contributed by atoms with van der Waals surface area (Å²) in [6.07, 6.45) is 0.328. The number of hydrogen-bond donors (Lipinski definition) is 1. The Morgan fingerprint density at radius 3 is 2.12 bits per heavy atom. The van der Waals surface area contributed by atoms with E-state index in [0.29, 0.717) is 0 Å². The van der Waals surface area contributed by atoms with Crippen LogP contribution in [0, 0.1) is 0 Å². The Morgan fingerprint density at radius 1 is 1.12 bits per heavy atom. The van der Waals surface area contributed by atoms with E-state index in [2.05, 4.69) is 4.98 Å². The number of nitrogens with zero attached hydrogens (tertiary/aromatic N) is 2. The Bertz CT molecular complexity index is 616. The van der Waals surface area contributed by atoms with Gasteiger partial charge in [0.05, 0.1) is 18.3 Å². The summed E-state index contributed by atoms with van der Waals surface area (Å²) in [6, 6.07) is 1.24. The van der Waals surface area contributed by atoms with Crippen molar-refractivity contribution < 1.29 is 29.0 Å². The average Bonchev–Trinajstić information content (AvgIpc) is 2.41. The minimum atomic E-state index is -1.19. The Labute approximate surface area is 141 Å². The Hall–Kier alpha value is -2.35. The summed E-state index contributed by atoms with van der Waals surface area (Å²) < 4.78 is 10.5. The quantitative estimate of drug-likeness (QED) is 0.840. The molecule has 0 unspecified atom stereocenters. The number of carboxylic acids is 1. The van der Waals surface area contributed by atoms with Gasteiger partial charge < -0.3 is 14.6 Å². The second-order valence-corrected chi connectivity index (χ2v) is 7.04. The van der Waals surface area contributed by atoms with Crippen LogP contribution in [-0.2, 0) is 9.57 Å². The Balaban J connectivity index is 3.39. The second kappa shape index (κ2) is 7.04. The van der Waals surface area contributed by atoms with Gasteiger partial charge in [-0.3, -0.25) is 4.84 Å². The molecule has 8 nitrogen and oxygen atoms in total. The predicted molar refractivity (Wildman–Crippen MR) is 87.3 cm³/mol. The molecule has 24 heavy (non-hydrogen) atoms. The molecule has 8 heteroatoms. The first-order valence-corrected chi connectivity index (χ1v) is 7.33. The summed E-state index contributed by atoms with van der Waals surface area (Å²) in [5, 5.41) is 10.0. The van der Waals surface area contributed by atoms with Crippen molar-refractivity contribution in [3.8, 4) is 5.88 Å². The number of aromatic carboxylic acids is 1. The van der Waals surface area contributed by atoms with Crippen LogP contribution in [0.1, 0.15) is 51.9 Å². The molecule has 1 amide bonds. The zero-order valence-corrected chi connectivity index (χ0v) is 15.0. The van der Waals surface area contributed by atoms with E-state index in [1.165, 1.54) is 13.2 Å². The fraction of sp³-hybridized carbons (Fsp3) is 0.562. The number of anilines is 1. The lowest BCUT2D eigenvalue weighted by Crippen LogP contribution is -2.42. The molecule has 0 fully saturated rings. The van der Waals surface area contributed by atoms with Crippen LogP contribution in [0.3, 0.4) is 0 Å². The topological polar surface area (TPSA) is 98.2 Å². The van der Waals surface area contributed by atoms with Gasteiger partial charge in [-0.1, -0.05) is 0 Å². The normalized spacial score (nSPS) is 11.8. The highest BCUT2D eigenvalue weighted by Gasteiger charge is 2.31. The largest absolute Gasteiger partial charge is 0.479 e. The van der Waals surface area contributed by atoms with Crippen molar-refractivity contribution in [1.29, 1.82) is 0 Å². The van der Waals surface area contributed by atoms with Crippen molar-refractivity contribution in [1.82, 2.24) is 4.98 Å². The number of methoxy groups -OCH3 is 1. The van der Waals surface area contributed by atoms with Crippen LogP contribution in [0.4, 0.5) is 10.5 Å². The third kappa shape index (κ3) is 5.69. The van der Waals surface area contributed by atoms with E-state index < -0.39 is 23.3 Å². The van der Waals surface area contributed by atoms with Crippen LogP contribution in [-0.4, -0.2) is 40.5 Å². The van der Waals surface area contributed by atoms with Gasteiger partial charge in [-0.15, -0.1) is 5.06 Å². The highest BCUT2D eigenvalue weighted by molar-refractivity contribution is 5.92. The van der Waals surface area contributed by atoms with Gasteiger partial charge in [-0.25, -0.2) is 14.6 Å². The van der Waals surface area contributed by atoms with Crippen molar-refractivity contribution >= 4 is 17.7 Å². The highest BCUT2D eigenvalue weighted by atomic mass is 16.7. The molecule has 1 aromatic heterocycles. The zero-order chi connectivity index (χ0) is 18.7. The van der Waals surface area contributed by atoms with Crippen LogP contribution in [0.25, 0.3) is 0 Å². The summed E-state index contributed by atoms with van der Waals surface area (Å²) in [5.74, 6) is -1.15. The molecule has 0 atom stereocenters. The van der Waals surface area contributed by atoms with Crippen LogP contribution in [0.5, 0.6) is 5.88 Å². The van der Waals surface area contributed by atoms with Gasteiger partial charge in [0.1, 0.15) is 11.3 Å². The fourth-order valence-corrected chi connectivity index (χ4v) is 1.62. The molecule has 0 aliphatic carbocycles. The first-order valence-electron chi connectivity index (χ1n) is 7.33. The molecule has 0 bridgehead atoms. The Kier molecular flexibility index (Phi) is 5.78. The molecule has 0 radical (unpaired) electrons. The number of hydrogen-bond acceptors (Lipinski definition) is 6. The summed E-state index contributed by atoms with van der Waals surface area (Å²) in [4.78, 5) is 33.3. The number of carbonyl (C=O) groups excluding carboxylic acids is 1. The van der Waals surface area contributed by atoms with Crippen molar-refractivity contribution in [3.05, 3.63) is 17.8 Å². The fourth-order valence-electron chi connectivity index (χ4n) is 1.62. The van der Waals surface area contributed by atoms with Gasteiger partial charge in [-0.05, 0) is 47.6 Å². The number of rotatable bonds is 4. The second-order valence-electron chi connectivity index (χ2n) is 7.04. The first-order chi connectivity index (χ1) is 10.8. The summed E-state index contributed by atoms with van der Waals surface area (Å²) >= 11 is 0.